The number of likely N-dealkylation sites (N-methyl/N-ethyl adjacent to an activating group) is 1. The standard InChI is InChI=1S/C18H23ClFN3O3/c1-2-22(10-17(24)25)14-7-13(8-14)21-18(26)23-4-3-15-11(9-23)5-12(20)6-16(15)19/h5-6,13-14H,2-4,7-10H2,1H3,(H,21,26)(H,24,25). The normalized spacial score (nSPS) is 21.9. The number of urea groups is 1. The SMILES string of the molecule is CCN(CC(=O)O)C1CC(NC(=O)N2CCc3c(Cl)cc(F)cc3C2)C1. The Morgan fingerprint density at radius 2 is 2.15 bits per heavy atom. The molecule has 2 amide bonds. The van der Waals surface area contributed by atoms with E-state index in [4.69, 9.17) is 16.7 Å². The molecule has 1 aliphatic carbocycles. The van der Waals surface area contributed by atoms with E-state index in [2.05, 4.69) is 5.32 Å². The van der Waals surface area contributed by atoms with Crippen LogP contribution in [0.4, 0.5) is 9.18 Å². The zero-order valence-corrected chi connectivity index (χ0v) is 15.4. The van der Waals surface area contributed by atoms with Crippen molar-refractivity contribution in [2.45, 2.75) is 44.8 Å². The molecule has 142 valence electrons. The predicted octanol–water partition coefficient (Wildman–Crippen LogP) is 2.48. The molecule has 3 rings (SSSR count). The minimum atomic E-state index is -0.836. The van der Waals surface area contributed by atoms with E-state index in [9.17, 15) is 14.0 Å². The molecule has 2 aliphatic rings. The van der Waals surface area contributed by atoms with Crippen molar-refractivity contribution in [2.24, 2.45) is 0 Å². The second-order valence-corrected chi connectivity index (χ2v) is 7.33. The van der Waals surface area contributed by atoms with Gasteiger partial charge in [-0.25, -0.2) is 9.18 Å². The third kappa shape index (κ3) is 4.10. The molecule has 0 spiro atoms. The first-order chi connectivity index (χ1) is 12.4. The summed E-state index contributed by atoms with van der Waals surface area (Å²) in [6.07, 6.45) is 2.10. The third-order valence-electron chi connectivity index (χ3n) is 5.23. The van der Waals surface area contributed by atoms with E-state index in [1.807, 2.05) is 11.8 Å². The average Bonchev–Trinajstić information content (AvgIpc) is 2.54. The Labute approximate surface area is 156 Å². The van der Waals surface area contributed by atoms with E-state index in [0.717, 1.165) is 24.0 Å². The number of carboxylic acid groups (broad SMARTS) is 1. The summed E-state index contributed by atoms with van der Waals surface area (Å²) in [5.74, 6) is -1.23. The van der Waals surface area contributed by atoms with Crippen molar-refractivity contribution >= 4 is 23.6 Å². The molecular weight excluding hydrogens is 361 g/mol. The highest BCUT2D eigenvalue weighted by Crippen LogP contribution is 2.29. The number of amides is 2. The van der Waals surface area contributed by atoms with Crippen LogP contribution in [-0.4, -0.2) is 58.6 Å². The van der Waals surface area contributed by atoms with Gasteiger partial charge in [0.15, 0.2) is 0 Å². The van der Waals surface area contributed by atoms with E-state index < -0.39 is 11.8 Å². The molecule has 0 aromatic heterocycles. The minimum absolute atomic E-state index is 0.0249. The summed E-state index contributed by atoms with van der Waals surface area (Å²) in [7, 11) is 0. The quantitative estimate of drug-likeness (QED) is 0.819. The average molecular weight is 384 g/mol. The van der Waals surface area contributed by atoms with Crippen molar-refractivity contribution in [3.8, 4) is 0 Å². The number of halogens is 2. The molecule has 1 aliphatic heterocycles. The first-order valence-corrected chi connectivity index (χ1v) is 9.23. The van der Waals surface area contributed by atoms with Gasteiger partial charge in [0.25, 0.3) is 0 Å². The lowest BCUT2D eigenvalue weighted by Crippen LogP contribution is -2.57. The van der Waals surface area contributed by atoms with Crippen molar-refractivity contribution in [1.29, 1.82) is 0 Å². The summed E-state index contributed by atoms with van der Waals surface area (Å²) in [6, 6.07) is 2.82. The van der Waals surface area contributed by atoms with Crippen molar-refractivity contribution in [3.05, 3.63) is 34.1 Å². The van der Waals surface area contributed by atoms with Gasteiger partial charge in [0.2, 0.25) is 0 Å². The fourth-order valence-electron chi connectivity index (χ4n) is 3.73. The van der Waals surface area contributed by atoms with Crippen LogP contribution in [0.25, 0.3) is 0 Å². The van der Waals surface area contributed by atoms with Crippen LogP contribution in [0.1, 0.15) is 30.9 Å². The molecule has 0 radical (unpaired) electrons. The molecule has 0 atom stereocenters. The van der Waals surface area contributed by atoms with Crippen molar-refractivity contribution in [1.82, 2.24) is 15.1 Å². The van der Waals surface area contributed by atoms with Gasteiger partial charge in [0.1, 0.15) is 5.82 Å². The molecule has 0 saturated heterocycles. The highest BCUT2D eigenvalue weighted by atomic mass is 35.5. The van der Waals surface area contributed by atoms with Crippen molar-refractivity contribution in [3.63, 3.8) is 0 Å². The number of aliphatic carboxylic acids is 1. The second kappa shape index (κ2) is 7.80. The molecule has 26 heavy (non-hydrogen) atoms. The Morgan fingerprint density at radius 3 is 2.81 bits per heavy atom. The molecule has 1 saturated carbocycles. The van der Waals surface area contributed by atoms with Gasteiger partial charge in [-0.3, -0.25) is 9.69 Å². The second-order valence-electron chi connectivity index (χ2n) is 6.93. The highest BCUT2D eigenvalue weighted by molar-refractivity contribution is 6.31. The van der Waals surface area contributed by atoms with Crippen molar-refractivity contribution in [2.75, 3.05) is 19.6 Å². The van der Waals surface area contributed by atoms with Crippen LogP contribution in [0.3, 0.4) is 0 Å². The number of nitrogens with one attached hydrogen (secondary N) is 1. The van der Waals surface area contributed by atoms with E-state index in [1.165, 1.54) is 12.1 Å². The topological polar surface area (TPSA) is 72.9 Å². The van der Waals surface area contributed by atoms with Crippen LogP contribution < -0.4 is 5.32 Å². The summed E-state index contributed by atoms with van der Waals surface area (Å²) >= 11 is 6.08. The van der Waals surface area contributed by atoms with Crippen molar-refractivity contribution < 1.29 is 19.1 Å². The number of carbonyl (C=O) groups excluding carboxylic acids is 1. The minimum Gasteiger partial charge on any atom is -0.480 e. The largest absolute Gasteiger partial charge is 0.480 e. The highest BCUT2D eigenvalue weighted by Gasteiger charge is 2.35. The van der Waals surface area contributed by atoms with Crippen LogP contribution in [0.15, 0.2) is 12.1 Å². The van der Waals surface area contributed by atoms with E-state index in [-0.39, 0.29) is 24.7 Å². The number of carbonyl (C=O) groups is 2. The third-order valence-corrected chi connectivity index (χ3v) is 5.57. The first kappa shape index (κ1) is 18.9. The summed E-state index contributed by atoms with van der Waals surface area (Å²) in [5.41, 5.74) is 1.66. The zero-order valence-electron chi connectivity index (χ0n) is 14.7. The maximum absolute atomic E-state index is 13.6. The Balaban J connectivity index is 1.52. The van der Waals surface area contributed by atoms with Crippen LogP contribution in [0.2, 0.25) is 5.02 Å². The molecule has 1 heterocycles. The molecule has 8 heteroatoms. The lowest BCUT2D eigenvalue weighted by molar-refractivity contribution is -0.139. The Bertz CT molecular complexity index is 709. The van der Waals surface area contributed by atoms with E-state index in [0.29, 0.717) is 31.1 Å². The fraction of sp³-hybridized carbons (Fsp3) is 0.556. The number of nitrogens with zero attached hydrogens (tertiary/aromatic N) is 2. The molecule has 1 fully saturated rings. The van der Waals surface area contributed by atoms with Gasteiger partial charge in [-0.05, 0) is 49.1 Å². The first-order valence-electron chi connectivity index (χ1n) is 8.85. The van der Waals surface area contributed by atoms with Crippen LogP contribution in [0.5, 0.6) is 0 Å². The Kier molecular flexibility index (Phi) is 5.67. The van der Waals surface area contributed by atoms with Crippen LogP contribution >= 0.6 is 11.6 Å². The van der Waals surface area contributed by atoms with Gasteiger partial charge in [-0.15, -0.1) is 0 Å². The number of rotatable bonds is 5. The van der Waals surface area contributed by atoms with Gasteiger partial charge in [0, 0.05) is 30.2 Å². The van der Waals surface area contributed by atoms with E-state index in [1.54, 1.807) is 4.90 Å². The van der Waals surface area contributed by atoms with Gasteiger partial charge >= 0.3 is 12.0 Å². The summed E-state index contributed by atoms with van der Waals surface area (Å²) in [5, 5.41) is 12.3. The summed E-state index contributed by atoms with van der Waals surface area (Å²) in [4.78, 5) is 26.9. The fourth-order valence-corrected chi connectivity index (χ4v) is 4.05. The zero-order chi connectivity index (χ0) is 18.8. The number of carboxylic acids is 1. The molecule has 2 N–H and O–H groups in total. The molecule has 1 aromatic carbocycles. The number of fused-ring (bicyclic) bond motifs is 1. The molecule has 0 bridgehead atoms. The van der Waals surface area contributed by atoms with Crippen LogP contribution in [-0.2, 0) is 17.8 Å². The molecule has 1 aromatic rings. The van der Waals surface area contributed by atoms with Gasteiger partial charge in [-0.1, -0.05) is 18.5 Å². The smallest absolute Gasteiger partial charge is 0.317 e. The number of hydrogen-bond acceptors (Lipinski definition) is 3. The molecular formula is C18H23ClFN3O3. The Hall–Kier alpha value is -1.86. The van der Waals surface area contributed by atoms with Gasteiger partial charge in [0.05, 0.1) is 6.54 Å². The Morgan fingerprint density at radius 1 is 1.42 bits per heavy atom. The molecule has 0 unspecified atom stereocenters. The van der Waals surface area contributed by atoms with Gasteiger partial charge < -0.3 is 15.3 Å². The maximum Gasteiger partial charge on any atom is 0.317 e. The maximum atomic E-state index is 13.6. The van der Waals surface area contributed by atoms with E-state index >= 15 is 0 Å². The summed E-state index contributed by atoms with van der Waals surface area (Å²) in [6.45, 7) is 3.52. The predicted molar refractivity (Wildman–Crippen MR) is 95.7 cm³/mol. The van der Waals surface area contributed by atoms with Gasteiger partial charge in [-0.2, -0.15) is 0 Å². The lowest BCUT2D eigenvalue weighted by atomic mass is 9.85. The number of benzene rings is 1. The lowest BCUT2D eigenvalue weighted by Gasteiger charge is -2.43. The number of hydrogen-bond donors (Lipinski definition) is 2. The monoisotopic (exact) mass is 383 g/mol. The molecule has 6 nitrogen and oxygen atoms in total. The van der Waals surface area contributed by atoms with Crippen LogP contribution in [0, 0.1) is 5.82 Å². The summed E-state index contributed by atoms with van der Waals surface area (Å²) < 4.78 is 13.6.